The Bertz CT molecular complexity index is 1120. The minimum Gasteiger partial charge on any atom is -0.254 e. The third kappa shape index (κ3) is 2.94. The molecule has 0 saturated carbocycles. The van der Waals surface area contributed by atoms with E-state index in [4.69, 9.17) is 4.98 Å². The van der Waals surface area contributed by atoms with E-state index < -0.39 is 0 Å². The molecule has 0 radical (unpaired) electrons. The van der Waals surface area contributed by atoms with Crippen molar-refractivity contribution in [2.75, 3.05) is 0 Å². The summed E-state index contributed by atoms with van der Waals surface area (Å²) in [5.74, 6) is 0. The summed E-state index contributed by atoms with van der Waals surface area (Å²) in [6.07, 6.45) is 2.02. The third-order valence-electron chi connectivity index (χ3n) is 4.75. The zero-order chi connectivity index (χ0) is 18.1. The average Bonchev–Trinajstić information content (AvgIpc) is 3.20. The lowest BCUT2D eigenvalue weighted by Crippen LogP contribution is -1.86. The van der Waals surface area contributed by atoms with Crippen molar-refractivity contribution in [1.82, 2.24) is 4.98 Å². The quantitative estimate of drug-likeness (QED) is 0.328. The minimum atomic E-state index is 1.05. The topological polar surface area (TPSA) is 12.9 Å². The summed E-state index contributed by atoms with van der Waals surface area (Å²) in [5.41, 5.74) is 5.84. The maximum Gasteiger partial charge on any atom is 0.0880 e. The van der Waals surface area contributed by atoms with E-state index in [2.05, 4.69) is 91.0 Å². The Morgan fingerprint density at radius 2 is 1.15 bits per heavy atom. The van der Waals surface area contributed by atoms with Crippen LogP contribution >= 0.6 is 11.3 Å². The van der Waals surface area contributed by atoms with Crippen molar-refractivity contribution >= 4 is 21.4 Å². The van der Waals surface area contributed by atoms with Gasteiger partial charge in [0.2, 0.25) is 0 Å². The van der Waals surface area contributed by atoms with Crippen LogP contribution in [0, 0.1) is 0 Å². The molecule has 128 valence electrons. The molecule has 3 aromatic carbocycles. The summed E-state index contributed by atoms with van der Waals surface area (Å²) >= 11 is 1.82. The van der Waals surface area contributed by atoms with Crippen molar-refractivity contribution in [2.24, 2.45) is 0 Å². The van der Waals surface area contributed by atoms with Crippen LogP contribution in [0.1, 0.15) is 0 Å². The van der Waals surface area contributed by atoms with Gasteiger partial charge in [-0.05, 0) is 17.2 Å². The molecule has 27 heavy (non-hydrogen) atoms. The van der Waals surface area contributed by atoms with Crippen LogP contribution in [0.25, 0.3) is 42.9 Å². The van der Waals surface area contributed by atoms with Crippen LogP contribution in [0.5, 0.6) is 0 Å². The fourth-order valence-electron chi connectivity index (χ4n) is 3.42. The molecule has 2 heterocycles. The maximum absolute atomic E-state index is 4.87. The van der Waals surface area contributed by atoms with E-state index in [1.165, 1.54) is 31.7 Å². The van der Waals surface area contributed by atoms with Gasteiger partial charge in [0.1, 0.15) is 0 Å². The van der Waals surface area contributed by atoms with Crippen LogP contribution in [0.15, 0.2) is 103 Å². The predicted molar refractivity (Wildman–Crippen MR) is 116 cm³/mol. The van der Waals surface area contributed by atoms with Gasteiger partial charge in [-0.3, -0.25) is 4.98 Å². The molecule has 1 nitrogen and oxygen atoms in total. The number of aromatic nitrogens is 1. The SMILES string of the molecule is c1ccc(-c2cc3c(-c4ccccc4)cnc(-c4ccccc4)c3s2)cc1. The first kappa shape index (κ1) is 16.0. The Hall–Kier alpha value is -3.23. The number of rotatable bonds is 3. The molecule has 0 aliphatic rings. The van der Waals surface area contributed by atoms with Crippen molar-refractivity contribution < 1.29 is 0 Å². The number of pyridine rings is 1. The Morgan fingerprint density at radius 3 is 1.78 bits per heavy atom. The minimum absolute atomic E-state index is 1.05. The zero-order valence-electron chi connectivity index (χ0n) is 14.7. The second-order valence-corrected chi connectivity index (χ2v) is 7.52. The Balaban J connectivity index is 1.80. The molecule has 0 atom stereocenters. The van der Waals surface area contributed by atoms with Gasteiger partial charge in [0.25, 0.3) is 0 Å². The van der Waals surface area contributed by atoms with Gasteiger partial charge in [-0.1, -0.05) is 91.0 Å². The summed E-state index contributed by atoms with van der Waals surface area (Å²) in [6, 6.07) is 33.8. The van der Waals surface area contributed by atoms with Crippen LogP contribution in [0.2, 0.25) is 0 Å². The zero-order valence-corrected chi connectivity index (χ0v) is 15.5. The smallest absolute Gasteiger partial charge is 0.0880 e. The van der Waals surface area contributed by atoms with Gasteiger partial charge in [0, 0.05) is 27.6 Å². The molecular formula is C25H17NS. The normalized spacial score (nSPS) is 11.0. The van der Waals surface area contributed by atoms with Gasteiger partial charge in [-0.2, -0.15) is 0 Å². The fourth-order valence-corrected chi connectivity index (χ4v) is 4.62. The highest BCUT2D eigenvalue weighted by molar-refractivity contribution is 7.22. The van der Waals surface area contributed by atoms with Gasteiger partial charge < -0.3 is 0 Å². The molecular weight excluding hydrogens is 346 g/mol. The van der Waals surface area contributed by atoms with Crippen molar-refractivity contribution in [3.8, 4) is 32.8 Å². The largest absolute Gasteiger partial charge is 0.254 e. The first-order chi connectivity index (χ1) is 13.4. The van der Waals surface area contributed by atoms with Crippen molar-refractivity contribution in [3.05, 3.63) is 103 Å². The second-order valence-electron chi connectivity index (χ2n) is 6.47. The highest BCUT2D eigenvalue weighted by atomic mass is 32.1. The number of fused-ring (bicyclic) bond motifs is 1. The van der Waals surface area contributed by atoms with E-state index >= 15 is 0 Å². The second kappa shape index (κ2) is 6.82. The van der Waals surface area contributed by atoms with Crippen LogP contribution in [0.4, 0.5) is 0 Å². The van der Waals surface area contributed by atoms with Gasteiger partial charge >= 0.3 is 0 Å². The van der Waals surface area contributed by atoms with Crippen molar-refractivity contribution in [3.63, 3.8) is 0 Å². The van der Waals surface area contributed by atoms with Crippen molar-refractivity contribution in [2.45, 2.75) is 0 Å². The molecule has 5 aromatic rings. The number of nitrogens with zero attached hydrogens (tertiary/aromatic N) is 1. The lowest BCUT2D eigenvalue weighted by atomic mass is 10.0. The number of benzene rings is 3. The summed E-state index contributed by atoms with van der Waals surface area (Å²) < 4.78 is 1.24. The van der Waals surface area contributed by atoms with Crippen LogP contribution in [-0.4, -0.2) is 4.98 Å². The molecule has 2 aromatic heterocycles. The number of thiophene rings is 1. The first-order valence-corrected chi connectivity index (χ1v) is 9.80. The van der Waals surface area contributed by atoms with E-state index in [0.29, 0.717) is 0 Å². The summed E-state index contributed by atoms with van der Waals surface area (Å²) in [7, 11) is 0. The molecule has 0 amide bonds. The number of hydrogen-bond donors (Lipinski definition) is 0. The lowest BCUT2D eigenvalue weighted by Gasteiger charge is -2.07. The third-order valence-corrected chi connectivity index (χ3v) is 5.94. The molecule has 0 fully saturated rings. The molecule has 0 bridgehead atoms. The summed E-state index contributed by atoms with van der Waals surface area (Å²) in [6.45, 7) is 0. The summed E-state index contributed by atoms with van der Waals surface area (Å²) in [5, 5.41) is 1.26. The van der Waals surface area contributed by atoms with E-state index in [9.17, 15) is 0 Å². The van der Waals surface area contributed by atoms with E-state index in [1.807, 2.05) is 23.6 Å². The fraction of sp³-hybridized carbons (Fsp3) is 0. The standard InChI is InChI=1S/C25H17NS/c1-4-10-18(11-5-1)22-17-26-24(20-14-8-3-9-15-20)25-21(22)16-23(27-25)19-12-6-2-7-13-19/h1-17H. The summed E-state index contributed by atoms with van der Waals surface area (Å²) in [4.78, 5) is 6.14. The highest BCUT2D eigenvalue weighted by Gasteiger charge is 2.15. The van der Waals surface area contributed by atoms with Gasteiger partial charge in [0.15, 0.2) is 0 Å². The van der Waals surface area contributed by atoms with Gasteiger partial charge in [-0.25, -0.2) is 0 Å². The van der Waals surface area contributed by atoms with Gasteiger partial charge in [-0.15, -0.1) is 11.3 Å². The molecule has 2 heteroatoms. The van der Waals surface area contributed by atoms with Crippen LogP contribution in [0.3, 0.4) is 0 Å². The molecule has 5 rings (SSSR count). The Labute approximate surface area is 162 Å². The Kier molecular flexibility index (Phi) is 4.04. The molecule has 0 aliphatic carbocycles. The van der Waals surface area contributed by atoms with E-state index in [1.54, 1.807) is 0 Å². The lowest BCUT2D eigenvalue weighted by molar-refractivity contribution is 1.36. The molecule has 0 saturated heterocycles. The maximum atomic E-state index is 4.87. The molecule has 0 N–H and O–H groups in total. The highest BCUT2D eigenvalue weighted by Crippen LogP contribution is 2.42. The molecule has 0 spiro atoms. The van der Waals surface area contributed by atoms with E-state index in [-0.39, 0.29) is 0 Å². The van der Waals surface area contributed by atoms with E-state index in [0.717, 1.165) is 11.3 Å². The monoisotopic (exact) mass is 363 g/mol. The van der Waals surface area contributed by atoms with Gasteiger partial charge in [0.05, 0.1) is 10.4 Å². The van der Waals surface area contributed by atoms with Crippen LogP contribution < -0.4 is 0 Å². The Morgan fingerprint density at radius 1 is 0.593 bits per heavy atom. The number of hydrogen-bond acceptors (Lipinski definition) is 2. The van der Waals surface area contributed by atoms with Crippen molar-refractivity contribution in [1.29, 1.82) is 0 Å². The molecule has 0 aliphatic heterocycles. The first-order valence-electron chi connectivity index (χ1n) is 8.99. The predicted octanol–water partition coefficient (Wildman–Crippen LogP) is 7.30. The molecule has 0 unspecified atom stereocenters. The van der Waals surface area contributed by atoms with Crippen LogP contribution in [-0.2, 0) is 0 Å². The average molecular weight is 363 g/mol.